The molecule has 0 radical (unpaired) electrons. The highest BCUT2D eigenvalue weighted by Crippen LogP contribution is 2.37. The number of amides is 2. The summed E-state index contributed by atoms with van der Waals surface area (Å²) >= 11 is 13.5. The fraction of sp³-hybridized carbons (Fsp3) is 0.185. The van der Waals surface area contributed by atoms with Crippen LogP contribution in [0.15, 0.2) is 65.7 Å². The zero-order valence-corrected chi connectivity index (χ0v) is 23.1. The molecule has 1 aliphatic heterocycles. The number of benzene rings is 3. The first kappa shape index (κ1) is 28.4. The van der Waals surface area contributed by atoms with Crippen molar-refractivity contribution in [2.24, 2.45) is 4.99 Å². The smallest absolute Gasteiger partial charge is 0.308 e. The Balaban J connectivity index is 1.57. The molecule has 2 amide bonds. The van der Waals surface area contributed by atoms with Gasteiger partial charge in [-0.2, -0.15) is 0 Å². The molecule has 0 bridgehead atoms. The van der Waals surface area contributed by atoms with E-state index < -0.39 is 22.9 Å². The Morgan fingerprint density at radius 2 is 1.74 bits per heavy atom. The highest BCUT2D eigenvalue weighted by molar-refractivity contribution is 8.15. The summed E-state index contributed by atoms with van der Waals surface area (Å²) in [5.74, 6) is -1.15. The lowest BCUT2D eigenvalue weighted by Crippen LogP contribution is -2.44. The average Bonchev–Trinajstić information content (AvgIpc) is 2.89. The number of nitrogens with one attached hydrogen (secondary N) is 1. The number of hydrogen-bond acceptors (Lipinski definition) is 7. The molecule has 3 aromatic rings. The van der Waals surface area contributed by atoms with Gasteiger partial charge in [0.2, 0.25) is 11.8 Å². The van der Waals surface area contributed by atoms with Crippen molar-refractivity contribution in [3.63, 3.8) is 0 Å². The number of nitrogens with zero attached hydrogens (tertiary/aromatic N) is 2. The van der Waals surface area contributed by atoms with Crippen molar-refractivity contribution in [1.29, 1.82) is 0 Å². The van der Waals surface area contributed by atoms with Crippen LogP contribution in [0.25, 0.3) is 0 Å². The second-order valence-corrected chi connectivity index (χ2v) is 10.3. The molecule has 39 heavy (non-hydrogen) atoms. The summed E-state index contributed by atoms with van der Waals surface area (Å²) in [4.78, 5) is 43.8. The zero-order chi connectivity index (χ0) is 28.1. The molecule has 12 heteroatoms. The molecule has 1 N–H and O–H groups in total. The number of methoxy groups -OCH3 is 1. The number of halogens is 3. The summed E-state index contributed by atoms with van der Waals surface area (Å²) in [7, 11) is 1.56. The molecule has 4 rings (SSSR count). The molecule has 1 saturated heterocycles. The first-order valence-corrected chi connectivity index (χ1v) is 13.2. The average molecular weight is 590 g/mol. The third-order valence-corrected chi connectivity index (χ3v) is 7.24. The standard InChI is InChI=1S/C27H22Cl2FN3O5S/c1-15(34)38-25-21(28)11-19(12-22(25)29)31-26(36)23-13-24(35)33(14-16-3-9-20(37-2)10-4-16)27(39-23)32-18-7-5-17(30)6-8-18/h3-12,23H,13-14H2,1-2H3,(H,31,36). The zero-order valence-electron chi connectivity index (χ0n) is 20.7. The Morgan fingerprint density at radius 3 is 2.33 bits per heavy atom. The number of carbonyl (C=O) groups excluding carboxylic acids is 3. The van der Waals surface area contributed by atoms with Crippen LogP contribution in [0.3, 0.4) is 0 Å². The molecule has 0 aliphatic carbocycles. The molecule has 1 fully saturated rings. The van der Waals surface area contributed by atoms with Gasteiger partial charge in [0.05, 0.1) is 29.4 Å². The predicted octanol–water partition coefficient (Wildman–Crippen LogP) is 6.23. The van der Waals surface area contributed by atoms with Crippen LogP contribution < -0.4 is 14.8 Å². The van der Waals surface area contributed by atoms with Crippen LogP contribution in [0.4, 0.5) is 15.8 Å². The SMILES string of the molecule is COc1ccc(CN2C(=O)CC(C(=O)Nc3cc(Cl)c(OC(C)=O)c(Cl)c3)SC2=Nc2ccc(F)cc2)cc1. The number of rotatable bonds is 7. The second kappa shape index (κ2) is 12.5. The molecule has 0 saturated carbocycles. The summed E-state index contributed by atoms with van der Waals surface area (Å²) in [5, 5.41) is 2.23. The van der Waals surface area contributed by atoms with Crippen LogP contribution in [0.1, 0.15) is 18.9 Å². The minimum absolute atomic E-state index is 0.0195. The maximum absolute atomic E-state index is 13.4. The molecule has 202 valence electrons. The highest BCUT2D eigenvalue weighted by Gasteiger charge is 2.36. The Bertz CT molecular complexity index is 1410. The Hall–Kier alpha value is -3.60. The van der Waals surface area contributed by atoms with E-state index in [2.05, 4.69) is 10.3 Å². The summed E-state index contributed by atoms with van der Waals surface area (Å²) in [6.45, 7) is 1.43. The minimum atomic E-state index is -0.825. The molecule has 1 aliphatic rings. The highest BCUT2D eigenvalue weighted by atomic mass is 35.5. The van der Waals surface area contributed by atoms with E-state index in [0.717, 1.165) is 17.3 Å². The van der Waals surface area contributed by atoms with Gasteiger partial charge in [0, 0.05) is 19.0 Å². The molecule has 0 aromatic heterocycles. The van der Waals surface area contributed by atoms with Crippen LogP contribution in [-0.2, 0) is 20.9 Å². The van der Waals surface area contributed by atoms with Crippen LogP contribution in [-0.4, -0.2) is 40.2 Å². The third-order valence-electron chi connectivity index (χ3n) is 5.49. The van der Waals surface area contributed by atoms with Crippen LogP contribution in [0.2, 0.25) is 10.0 Å². The van der Waals surface area contributed by atoms with Gasteiger partial charge in [-0.3, -0.25) is 19.3 Å². The predicted molar refractivity (Wildman–Crippen MR) is 149 cm³/mol. The second-order valence-electron chi connectivity index (χ2n) is 8.36. The van der Waals surface area contributed by atoms with Gasteiger partial charge in [0.1, 0.15) is 16.8 Å². The van der Waals surface area contributed by atoms with E-state index in [1.54, 1.807) is 19.2 Å². The lowest BCUT2D eigenvalue weighted by atomic mass is 10.2. The Morgan fingerprint density at radius 1 is 1.10 bits per heavy atom. The van der Waals surface area contributed by atoms with E-state index in [0.29, 0.717) is 11.4 Å². The fourth-order valence-electron chi connectivity index (χ4n) is 3.63. The summed E-state index contributed by atoms with van der Waals surface area (Å²) < 4.78 is 23.6. The van der Waals surface area contributed by atoms with Crippen molar-refractivity contribution >= 4 is 69.3 Å². The van der Waals surface area contributed by atoms with E-state index in [-0.39, 0.29) is 45.5 Å². The number of anilines is 1. The number of aliphatic imine (C=N–C) groups is 1. The third kappa shape index (κ3) is 7.29. The van der Waals surface area contributed by atoms with E-state index >= 15 is 0 Å². The molecular formula is C27H22Cl2FN3O5S. The normalized spacial score (nSPS) is 16.2. The quantitative estimate of drug-likeness (QED) is 0.259. The molecule has 3 aromatic carbocycles. The van der Waals surface area contributed by atoms with Crippen LogP contribution in [0.5, 0.6) is 11.5 Å². The van der Waals surface area contributed by atoms with Gasteiger partial charge in [-0.15, -0.1) is 0 Å². The van der Waals surface area contributed by atoms with Crippen molar-refractivity contribution in [2.45, 2.75) is 25.1 Å². The molecular weight excluding hydrogens is 568 g/mol. The lowest BCUT2D eigenvalue weighted by Gasteiger charge is -2.32. The van der Waals surface area contributed by atoms with E-state index in [4.69, 9.17) is 32.7 Å². The Labute approximate surface area is 238 Å². The first-order valence-electron chi connectivity index (χ1n) is 11.6. The van der Waals surface area contributed by atoms with Crippen molar-refractivity contribution < 1.29 is 28.2 Å². The number of hydrogen-bond donors (Lipinski definition) is 1. The van der Waals surface area contributed by atoms with Gasteiger partial charge < -0.3 is 14.8 Å². The summed E-state index contributed by atoms with van der Waals surface area (Å²) in [6.07, 6.45) is -0.0952. The number of carbonyl (C=O) groups is 3. The minimum Gasteiger partial charge on any atom is -0.497 e. The van der Waals surface area contributed by atoms with Crippen molar-refractivity contribution in [2.75, 3.05) is 12.4 Å². The fourth-order valence-corrected chi connectivity index (χ4v) is 5.29. The van der Waals surface area contributed by atoms with Crippen molar-refractivity contribution in [3.05, 3.63) is 82.1 Å². The van der Waals surface area contributed by atoms with Crippen LogP contribution in [0, 0.1) is 5.82 Å². The number of esters is 1. The molecule has 1 heterocycles. The van der Waals surface area contributed by atoms with E-state index in [9.17, 15) is 18.8 Å². The maximum atomic E-state index is 13.4. The number of amidine groups is 1. The first-order chi connectivity index (χ1) is 18.6. The molecule has 8 nitrogen and oxygen atoms in total. The topological polar surface area (TPSA) is 97.3 Å². The van der Waals surface area contributed by atoms with Gasteiger partial charge >= 0.3 is 5.97 Å². The van der Waals surface area contributed by atoms with E-state index in [1.807, 2.05) is 12.1 Å². The van der Waals surface area contributed by atoms with Crippen molar-refractivity contribution in [3.8, 4) is 11.5 Å². The number of thioether (sulfide) groups is 1. The summed E-state index contributed by atoms with van der Waals surface area (Å²) in [5.41, 5.74) is 1.51. The van der Waals surface area contributed by atoms with Crippen LogP contribution >= 0.6 is 35.0 Å². The van der Waals surface area contributed by atoms with E-state index in [1.165, 1.54) is 48.2 Å². The molecule has 0 spiro atoms. The number of ether oxygens (including phenoxy) is 2. The Kier molecular flexibility index (Phi) is 9.11. The van der Waals surface area contributed by atoms with Crippen molar-refractivity contribution in [1.82, 2.24) is 4.90 Å². The lowest BCUT2D eigenvalue weighted by molar-refractivity contribution is -0.132. The molecule has 1 atom stereocenters. The van der Waals surface area contributed by atoms with Gasteiger partial charge in [0.15, 0.2) is 10.9 Å². The van der Waals surface area contributed by atoms with Gasteiger partial charge in [0.25, 0.3) is 0 Å². The summed E-state index contributed by atoms with van der Waals surface area (Å²) in [6, 6.07) is 15.5. The monoisotopic (exact) mass is 589 g/mol. The van der Waals surface area contributed by atoms with Gasteiger partial charge in [-0.1, -0.05) is 47.1 Å². The van der Waals surface area contributed by atoms with Gasteiger partial charge in [-0.25, -0.2) is 9.38 Å². The van der Waals surface area contributed by atoms with Gasteiger partial charge in [-0.05, 0) is 54.1 Å². The molecule has 1 unspecified atom stereocenters. The largest absolute Gasteiger partial charge is 0.497 e. The maximum Gasteiger partial charge on any atom is 0.308 e.